The third-order valence-electron chi connectivity index (χ3n) is 6.72. The molecule has 2 aromatic rings. The summed E-state index contributed by atoms with van der Waals surface area (Å²) in [6.45, 7) is 9.27. The molecule has 1 fully saturated rings. The summed E-state index contributed by atoms with van der Waals surface area (Å²) in [4.78, 5) is 7.46. The zero-order valence-corrected chi connectivity index (χ0v) is 19.8. The van der Waals surface area contributed by atoms with Gasteiger partial charge in [-0.2, -0.15) is 0 Å². The number of aryl methyl sites for hydroxylation is 1. The molecule has 0 saturated carbocycles. The minimum atomic E-state index is 0.458. The van der Waals surface area contributed by atoms with E-state index in [4.69, 9.17) is 4.99 Å². The van der Waals surface area contributed by atoms with Crippen LogP contribution in [0.25, 0.3) is 0 Å². The number of nitrogens with zero attached hydrogens (tertiary/aromatic N) is 5. The number of benzene rings is 1. The lowest BCUT2D eigenvalue weighted by molar-refractivity contribution is 0.134. The van der Waals surface area contributed by atoms with Crippen molar-refractivity contribution in [3.63, 3.8) is 0 Å². The van der Waals surface area contributed by atoms with Crippen LogP contribution in [-0.4, -0.2) is 57.3 Å². The first-order valence-corrected chi connectivity index (χ1v) is 12.5. The van der Waals surface area contributed by atoms with Crippen LogP contribution >= 0.6 is 0 Å². The zero-order valence-electron chi connectivity index (χ0n) is 19.8. The molecular weight excluding hydrogens is 398 g/mol. The first kappa shape index (κ1) is 22.8. The van der Waals surface area contributed by atoms with E-state index in [2.05, 4.69) is 74.5 Å². The molecular formula is C25H39N7. The van der Waals surface area contributed by atoms with Crippen LogP contribution in [-0.2, 0) is 25.9 Å². The van der Waals surface area contributed by atoms with Crippen LogP contribution in [0.5, 0.6) is 0 Å². The maximum Gasteiger partial charge on any atom is 0.191 e. The van der Waals surface area contributed by atoms with Crippen molar-refractivity contribution in [1.82, 2.24) is 30.3 Å². The second kappa shape index (κ2) is 11.5. The summed E-state index contributed by atoms with van der Waals surface area (Å²) in [7, 11) is 0. The third-order valence-corrected chi connectivity index (χ3v) is 6.72. The van der Waals surface area contributed by atoms with E-state index < -0.39 is 0 Å². The maximum absolute atomic E-state index is 4.87. The van der Waals surface area contributed by atoms with Gasteiger partial charge in [0.15, 0.2) is 5.96 Å². The fourth-order valence-corrected chi connectivity index (χ4v) is 4.92. The predicted molar refractivity (Wildman–Crippen MR) is 130 cm³/mol. The molecule has 32 heavy (non-hydrogen) atoms. The van der Waals surface area contributed by atoms with E-state index in [1.807, 2.05) is 0 Å². The Bertz CT molecular complexity index is 860. The normalized spacial score (nSPS) is 22.2. The number of fused-ring (bicyclic) bond motifs is 1. The largest absolute Gasteiger partial charge is 0.357 e. The van der Waals surface area contributed by atoms with Crippen molar-refractivity contribution in [2.24, 2.45) is 4.99 Å². The topological polar surface area (TPSA) is 70.4 Å². The van der Waals surface area contributed by atoms with Crippen LogP contribution in [0, 0.1) is 0 Å². The molecule has 7 heteroatoms. The number of piperidine rings is 1. The lowest BCUT2D eigenvalue weighted by Gasteiger charge is -2.38. The number of likely N-dealkylation sites (tertiary alicyclic amines) is 1. The highest BCUT2D eigenvalue weighted by atomic mass is 15.3. The van der Waals surface area contributed by atoms with E-state index in [0.717, 1.165) is 76.0 Å². The molecule has 2 atom stereocenters. The Morgan fingerprint density at radius 2 is 2.00 bits per heavy atom. The average Bonchev–Trinajstić information content (AvgIpc) is 3.02. The summed E-state index contributed by atoms with van der Waals surface area (Å²) in [6.07, 6.45) is 7.92. The molecule has 174 valence electrons. The standard InChI is InChI=1S/C25H39N7/c1-3-26-25(27-15-13-24-30-29-23-12-8-5-9-16-32(23)24)28-22-14-17-31(20(2)18-22)19-21-10-6-4-7-11-21/h4,6-7,10-11,20,22H,3,5,8-9,12-19H2,1-2H3,(H2,26,27,28). The summed E-state index contributed by atoms with van der Waals surface area (Å²) in [5.74, 6) is 3.17. The Morgan fingerprint density at radius 3 is 2.81 bits per heavy atom. The van der Waals surface area contributed by atoms with Crippen LogP contribution in [0.15, 0.2) is 35.3 Å². The Labute approximate surface area is 192 Å². The molecule has 1 saturated heterocycles. The van der Waals surface area contributed by atoms with E-state index in [1.165, 1.54) is 24.8 Å². The third kappa shape index (κ3) is 6.09. The Hall–Kier alpha value is -2.41. The highest BCUT2D eigenvalue weighted by Gasteiger charge is 2.26. The van der Waals surface area contributed by atoms with Crippen molar-refractivity contribution in [2.75, 3.05) is 19.6 Å². The van der Waals surface area contributed by atoms with Crippen molar-refractivity contribution in [2.45, 2.75) is 84.0 Å². The fraction of sp³-hybridized carbons (Fsp3) is 0.640. The Balaban J connectivity index is 1.29. The maximum atomic E-state index is 4.87. The summed E-state index contributed by atoms with van der Waals surface area (Å²) < 4.78 is 2.33. The van der Waals surface area contributed by atoms with E-state index in [1.54, 1.807) is 0 Å². The van der Waals surface area contributed by atoms with Crippen LogP contribution < -0.4 is 10.6 Å². The van der Waals surface area contributed by atoms with Gasteiger partial charge in [-0.15, -0.1) is 10.2 Å². The predicted octanol–water partition coefficient (Wildman–Crippen LogP) is 3.16. The van der Waals surface area contributed by atoms with Gasteiger partial charge in [-0.1, -0.05) is 36.8 Å². The monoisotopic (exact) mass is 437 g/mol. The zero-order chi connectivity index (χ0) is 22.2. The van der Waals surface area contributed by atoms with Crippen LogP contribution in [0.1, 0.15) is 63.2 Å². The van der Waals surface area contributed by atoms with Crippen molar-refractivity contribution in [1.29, 1.82) is 0 Å². The molecule has 0 radical (unpaired) electrons. The number of hydrogen-bond donors (Lipinski definition) is 2. The molecule has 0 bridgehead atoms. The highest BCUT2D eigenvalue weighted by molar-refractivity contribution is 5.80. The van der Waals surface area contributed by atoms with Crippen molar-refractivity contribution in [3.8, 4) is 0 Å². The highest BCUT2D eigenvalue weighted by Crippen LogP contribution is 2.20. The van der Waals surface area contributed by atoms with Crippen LogP contribution in [0.3, 0.4) is 0 Å². The van der Waals surface area contributed by atoms with Gasteiger partial charge >= 0.3 is 0 Å². The molecule has 2 aliphatic heterocycles. The number of rotatable bonds is 7. The van der Waals surface area contributed by atoms with E-state index in [0.29, 0.717) is 12.1 Å². The first-order valence-electron chi connectivity index (χ1n) is 12.5. The molecule has 7 nitrogen and oxygen atoms in total. The molecule has 1 aromatic carbocycles. The second-order valence-corrected chi connectivity index (χ2v) is 9.18. The molecule has 2 aliphatic rings. The van der Waals surface area contributed by atoms with Gasteiger partial charge < -0.3 is 15.2 Å². The number of aromatic nitrogens is 3. The molecule has 0 aliphatic carbocycles. The quantitative estimate of drug-likeness (QED) is 0.514. The molecule has 3 heterocycles. The average molecular weight is 438 g/mol. The lowest BCUT2D eigenvalue weighted by Crippen LogP contribution is -2.51. The number of aliphatic imine (C=N–C) groups is 1. The summed E-state index contributed by atoms with van der Waals surface area (Å²) in [6, 6.07) is 11.8. The summed E-state index contributed by atoms with van der Waals surface area (Å²) in [5.41, 5.74) is 1.40. The van der Waals surface area contributed by atoms with E-state index >= 15 is 0 Å². The SMILES string of the molecule is CCNC(=NCCc1nnc2n1CCCCC2)NC1CCN(Cc2ccccc2)C(C)C1. The van der Waals surface area contributed by atoms with Gasteiger partial charge in [0.25, 0.3) is 0 Å². The number of hydrogen-bond acceptors (Lipinski definition) is 4. The number of nitrogens with one attached hydrogen (secondary N) is 2. The van der Waals surface area contributed by atoms with Gasteiger partial charge in [0.2, 0.25) is 0 Å². The Kier molecular flexibility index (Phi) is 8.15. The van der Waals surface area contributed by atoms with Gasteiger partial charge in [0.05, 0.1) is 0 Å². The molecule has 4 rings (SSSR count). The summed E-state index contributed by atoms with van der Waals surface area (Å²) in [5, 5.41) is 16.0. The fourth-order valence-electron chi connectivity index (χ4n) is 4.92. The van der Waals surface area contributed by atoms with E-state index in [9.17, 15) is 0 Å². The van der Waals surface area contributed by atoms with Gasteiger partial charge in [-0.25, -0.2) is 0 Å². The van der Waals surface area contributed by atoms with Crippen molar-refractivity contribution < 1.29 is 0 Å². The van der Waals surface area contributed by atoms with Crippen molar-refractivity contribution >= 4 is 5.96 Å². The second-order valence-electron chi connectivity index (χ2n) is 9.18. The van der Waals surface area contributed by atoms with E-state index in [-0.39, 0.29) is 0 Å². The molecule has 0 amide bonds. The van der Waals surface area contributed by atoms with Crippen molar-refractivity contribution in [3.05, 3.63) is 47.5 Å². The molecule has 1 aromatic heterocycles. The van der Waals surface area contributed by atoms with Crippen LogP contribution in [0.2, 0.25) is 0 Å². The van der Waals surface area contributed by atoms with Crippen LogP contribution in [0.4, 0.5) is 0 Å². The number of guanidine groups is 1. The summed E-state index contributed by atoms with van der Waals surface area (Å²) >= 11 is 0. The first-order chi connectivity index (χ1) is 15.7. The van der Waals surface area contributed by atoms with Gasteiger partial charge in [-0.05, 0) is 45.1 Å². The van der Waals surface area contributed by atoms with Gasteiger partial charge in [0, 0.05) is 57.6 Å². The van der Waals surface area contributed by atoms with Gasteiger partial charge in [-0.3, -0.25) is 9.89 Å². The Morgan fingerprint density at radius 1 is 1.12 bits per heavy atom. The smallest absolute Gasteiger partial charge is 0.191 e. The molecule has 2 unspecified atom stereocenters. The molecule has 2 N–H and O–H groups in total. The molecule has 0 spiro atoms. The lowest BCUT2D eigenvalue weighted by atomic mass is 9.97. The van der Waals surface area contributed by atoms with Gasteiger partial charge in [0.1, 0.15) is 11.6 Å². The minimum Gasteiger partial charge on any atom is -0.357 e. The minimum absolute atomic E-state index is 0.458.